The fourth-order valence-electron chi connectivity index (χ4n) is 2.71. The summed E-state index contributed by atoms with van der Waals surface area (Å²) in [5.74, 6) is -1.11. The van der Waals surface area contributed by atoms with Gasteiger partial charge in [0.25, 0.3) is 11.8 Å². The summed E-state index contributed by atoms with van der Waals surface area (Å²) >= 11 is 0. The first-order valence-electron chi connectivity index (χ1n) is 6.33. The van der Waals surface area contributed by atoms with E-state index in [4.69, 9.17) is 0 Å². The van der Waals surface area contributed by atoms with Gasteiger partial charge in [-0.25, -0.2) is 8.42 Å². The van der Waals surface area contributed by atoms with E-state index >= 15 is 0 Å². The molecule has 114 valence electrons. The molecule has 7 nitrogen and oxygen atoms in total. The van der Waals surface area contributed by atoms with Crippen LogP contribution in [-0.4, -0.2) is 43.8 Å². The second kappa shape index (κ2) is 5.88. The van der Waals surface area contributed by atoms with Gasteiger partial charge in [0.15, 0.2) is 0 Å². The topological polar surface area (TPSA) is 107 Å². The van der Waals surface area contributed by atoms with E-state index in [2.05, 4.69) is 5.32 Å². The van der Waals surface area contributed by atoms with Crippen LogP contribution in [0.15, 0.2) is 29.2 Å². The largest absolute Gasteiger partial charge is 1.00 e. The standard InChI is InChI=1S/C14H12N2O5S.Na/c1-15-12-7-4-3-5-8-11(7)9(6-10(12)22(19,20)21)14(18)16(2)13(8)17;/h3-6,15H,1-2H3,(H,19,20,21);/q;+1/p-1. The zero-order valence-electron chi connectivity index (χ0n) is 12.7. The van der Waals surface area contributed by atoms with Gasteiger partial charge in [-0.2, -0.15) is 0 Å². The Morgan fingerprint density at radius 3 is 2.30 bits per heavy atom. The number of carbonyl (C=O) groups is 2. The summed E-state index contributed by atoms with van der Waals surface area (Å²) in [4.78, 5) is 24.9. The van der Waals surface area contributed by atoms with Gasteiger partial charge in [-0.15, -0.1) is 0 Å². The van der Waals surface area contributed by atoms with Crippen molar-refractivity contribution in [2.24, 2.45) is 0 Å². The van der Waals surface area contributed by atoms with Crippen molar-refractivity contribution in [1.29, 1.82) is 0 Å². The van der Waals surface area contributed by atoms with Crippen molar-refractivity contribution in [2.75, 3.05) is 19.4 Å². The second-order valence-electron chi connectivity index (χ2n) is 4.90. The first-order valence-corrected chi connectivity index (χ1v) is 7.74. The van der Waals surface area contributed by atoms with E-state index in [0.717, 1.165) is 11.0 Å². The average molecular weight is 342 g/mol. The summed E-state index contributed by atoms with van der Waals surface area (Å²) in [5.41, 5.74) is 0.405. The molecule has 0 unspecified atom stereocenters. The van der Waals surface area contributed by atoms with Crippen LogP contribution in [0.5, 0.6) is 0 Å². The molecule has 1 aliphatic heterocycles. The van der Waals surface area contributed by atoms with E-state index in [9.17, 15) is 22.6 Å². The molecule has 2 aromatic rings. The molecule has 3 rings (SSSR count). The first-order chi connectivity index (χ1) is 10.3. The molecular weight excluding hydrogens is 331 g/mol. The second-order valence-corrected chi connectivity index (χ2v) is 6.25. The summed E-state index contributed by atoms with van der Waals surface area (Å²) in [6.07, 6.45) is 0. The number of rotatable bonds is 2. The molecule has 2 amide bonds. The molecule has 0 aromatic heterocycles. The van der Waals surface area contributed by atoms with Crippen LogP contribution < -0.4 is 34.9 Å². The van der Waals surface area contributed by atoms with Crippen molar-refractivity contribution >= 4 is 38.4 Å². The number of hydrogen-bond acceptors (Lipinski definition) is 6. The smallest absolute Gasteiger partial charge is 0.744 e. The number of benzene rings is 2. The molecule has 0 saturated heterocycles. The van der Waals surface area contributed by atoms with Crippen LogP contribution in [0, 0.1) is 0 Å². The number of nitrogens with one attached hydrogen (secondary N) is 1. The van der Waals surface area contributed by atoms with Crippen molar-refractivity contribution in [3.63, 3.8) is 0 Å². The summed E-state index contributed by atoms with van der Waals surface area (Å²) < 4.78 is 34.5. The SMILES string of the molecule is CNc1c(S(=O)(=O)[O-])cc2c3c(cccc13)C(=O)N(C)C2=O.[Na+]. The minimum Gasteiger partial charge on any atom is -0.744 e. The van der Waals surface area contributed by atoms with Gasteiger partial charge in [0.2, 0.25) is 0 Å². The van der Waals surface area contributed by atoms with E-state index in [0.29, 0.717) is 16.3 Å². The van der Waals surface area contributed by atoms with E-state index in [1.165, 1.54) is 14.1 Å². The van der Waals surface area contributed by atoms with Crippen LogP contribution in [-0.2, 0) is 10.1 Å². The predicted octanol–water partition coefficient (Wildman–Crippen LogP) is -1.98. The third-order valence-electron chi connectivity index (χ3n) is 3.71. The molecule has 2 aromatic carbocycles. The number of amides is 2. The molecule has 0 atom stereocenters. The van der Waals surface area contributed by atoms with Gasteiger partial charge in [-0.1, -0.05) is 12.1 Å². The van der Waals surface area contributed by atoms with Crippen LogP contribution in [0.3, 0.4) is 0 Å². The number of nitrogens with zero attached hydrogens (tertiary/aromatic N) is 1. The minimum absolute atomic E-state index is 0. The van der Waals surface area contributed by atoms with Crippen molar-refractivity contribution in [3.05, 3.63) is 35.4 Å². The number of imide groups is 1. The molecule has 9 heteroatoms. The van der Waals surface area contributed by atoms with Crippen molar-refractivity contribution in [2.45, 2.75) is 4.90 Å². The number of anilines is 1. The number of hydrogen-bond donors (Lipinski definition) is 1. The quantitative estimate of drug-likeness (QED) is 0.385. The zero-order valence-corrected chi connectivity index (χ0v) is 15.5. The predicted molar refractivity (Wildman–Crippen MR) is 77.9 cm³/mol. The van der Waals surface area contributed by atoms with Gasteiger partial charge < -0.3 is 9.87 Å². The Hall–Kier alpha value is -1.45. The Labute approximate surface area is 154 Å². The molecule has 1 heterocycles. The van der Waals surface area contributed by atoms with Gasteiger partial charge >= 0.3 is 29.6 Å². The summed E-state index contributed by atoms with van der Waals surface area (Å²) in [6.45, 7) is 0. The maximum atomic E-state index is 12.3. The minimum atomic E-state index is -4.78. The van der Waals surface area contributed by atoms with Crippen LogP contribution in [0.4, 0.5) is 5.69 Å². The van der Waals surface area contributed by atoms with E-state index < -0.39 is 26.8 Å². The third kappa shape index (κ3) is 2.56. The first kappa shape index (κ1) is 17.9. The average Bonchev–Trinajstić information content (AvgIpc) is 2.48. The van der Waals surface area contributed by atoms with Crippen molar-refractivity contribution in [3.8, 4) is 0 Å². The monoisotopic (exact) mass is 342 g/mol. The van der Waals surface area contributed by atoms with Gasteiger partial charge in [0.05, 0.1) is 16.1 Å². The van der Waals surface area contributed by atoms with E-state index in [-0.39, 0.29) is 40.8 Å². The maximum absolute atomic E-state index is 12.3. The normalized spacial score (nSPS) is 14.0. The van der Waals surface area contributed by atoms with E-state index in [1.54, 1.807) is 18.2 Å². The van der Waals surface area contributed by atoms with Gasteiger partial charge in [0.1, 0.15) is 10.1 Å². The summed E-state index contributed by atoms with van der Waals surface area (Å²) in [7, 11) is -2.00. The molecule has 1 aliphatic rings. The molecule has 0 aliphatic carbocycles. The fraction of sp³-hybridized carbons (Fsp3) is 0.143. The van der Waals surface area contributed by atoms with E-state index in [1.807, 2.05) is 0 Å². The Kier molecular flexibility index (Phi) is 4.57. The molecule has 0 saturated carbocycles. The van der Waals surface area contributed by atoms with Crippen molar-refractivity contribution in [1.82, 2.24) is 4.90 Å². The van der Waals surface area contributed by atoms with Crippen LogP contribution in [0.1, 0.15) is 20.7 Å². The van der Waals surface area contributed by atoms with Gasteiger partial charge in [0, 0.05) is 30.4 Å². The summed E-state index contributed by atoms with van der Waals surface area (Å²) in [5, 5.41) is 3.38. The fourth-order valence-corrected chi connectivity index (χ4v) is 3.44. The molecule has 1 N–H and O–H groups in total. The van der Waals surface area contributed by atoms with Crippen LogP contribution in [0.25, 0.3) is 10.8 Å². The zero-order chi connectivity index (χ0) is 16.2. The van der Waals surface area contributed by atoms with Gasteiger partial charge in [-0.05, 0) is 12.1 Å². The third-order valence-corrected chi connectivity index (χ3v) is 4.58. The Balaban J connectivity index is 0.00000192. The van der Waals surface area contributed by atoms with Crippen LogP contribution >= 0.6 is 0 Å². The number of carbonyl (C=O) groups excluding carboxylic acids is 2. The molecule has 23 heavy (non-hydrogen) atoms. The molecule has 0 spiro atoms. The molecule has 0 radical (unpaired) electrons. The Morgan fingerprint density at radius 2 is 1.74 bits per heavy atom. The molecule has 0 fully saturated rings. The Morgan fingerprint density at radius 1 is 1.13 bits per heavy atom. The molecular formula is C14H11N2NaO5S. The summed E-state index contributed by atoms with van der Waals surface area (Å²) in [6, 6.07) is 5.73. The maximum Gasteiger partial charge on any atom is 1.00 e. The molecule has 0 bridgehead atoms. The van der Waals surface area contributed by atoms with Crippen molar-refractivity contribution < 1.29 is 52.1 Å². The Bertz CT molecular complexity index is 955. The van der Waals surface area contributed by atoms with Gasteiger partial charge in [-0.3, -0.25) is 14.5 Å². The van der Waals surface area contributed by atoms with Crippen LogP contribution in [0.2, 0.25) is 0 Å².